The van der Waals surface area contributed by atoms with Gasteiger partial charge in [0, 0.05) is 24.2 Å². The van der Waals surface area contributed by atoms with Crippen LogP contribution in [0.5, 0.6) is 5.75 Å². The highest BCUT2D eigenvalue weighted by atomic mass is 19.1. The molecule has 0 aliphatic rings. The molecule has 0 saturated carbocycles. The average Bonchev–Trinajstić information content (AvgIpc) is 2.83. The molecule has 102 valence electrons. The lowest BCUT2D eigenvalue weighted by atomic mass is 10.1. The number of rotatable bonds is 5. The van der Waals surface area contributed by atoms with Crippen LogP contribution in [0.25, 0.3) is 0 Å². The highest BCUT2D eigenvalue weighted by molar-refractivity contribution is 5.36. The van der Waals surface area contributed by atoms with E-state index in [9.17, 15) is 4.39 Å². The van der Waals surface area contributed by atoms with Crippen LogP contribution in [0.3, 0.4) is 0 Å². The Morgan fingerprint density at radius 2 is 2.26 bits per heavy atom. The summed E-state index contributed by atoms with van der Waals surface area (Å²) in [4.78, 5) is 4.10. The zero-order valence-electron chi connectivity index (χ0n) is 11.0. The molecular formula is C13H17FN4O. The van der Waals surface area contributed by atoms with Crippen LogP contribution in [0.4, 0.5) is 4.39 Å². The maximum absolute atomic E-state index is 13.3. The fourth-order valence-corrected chi connectivity index (χ4v) is 1.82. The van der Waals surface area contributed by atoms with Gasteiger partial charge in [0.05, 0.1) is 0 Å². The number of aromatic nitrogens is 3. The Kier molecular flexibility index (Phi) is 4.11. The molecule has 1 aromatic carbocycles. The van der Waals surface area contributed by atoms with Crippen molar-refractivity contribution in [2.45, 2.75) is 33.0 Å². The number of halogens is 1. The van der Waals surface area contributed by atoms with E-state index in [0.29, 0.717) is 18.1 Å². The molecule has 0 radical (unpaired) electrons. The SMILES string of the molecule is CCn1ncnc1COc1cc(F)ccc1[C@H](C)N. The normalized spacial score (nSPS) is 12.4. The van der Waals surface area contributed by atoms with Gasteiger partial charge in [-0.2, -0.15) is 5.10 Å². The first-order valence-electron chi connectivity index (χ1n) is 6.16. The lowest BCUT2D eigenvalue weighted by Crippen LogP contribution is -2.11. The molecule has 0 saturated heterocycles. The Hall–Kier alpha value is -1.95. The van der Waals surface area contributed by atoms with Crippen LogP contribution in [0, 0.1) is 5.82 Å². The quantitative estimate of drug-likeness (QED) is 0.897. The zero-order valence-corrected chi connectivity index (χ0v) is 11.0. The van der Waals surface area contributed by atoms with E-state index in [0.717, 1.165) is 5.56 Å². The lowest BCUT2D eigenvalue weighted by Gasteiger charge is -2.14. The molecule has 0 aliphatic heterocycles. The van der Waals surface area contributed by atoms with E-state index in [4.69, 9.17) is 10.5 Å². The van der Waals surface area contributed by atoms with Crippen LogP contribution in [0.2, 0.25) is 0 Å². The van der Waals surface area contributed by atoms with Crippen molar-refractivity contribution < 1.29 is 9.13 Å². The molecule has 2 aromatic rings. The van der Waals surface area contributed by atoms with Crippen molar-refractivity contribution in [2.24, 2.45) is 5.73 Å². The van der Waals surface area contributed by atoms with Crippen molar-refractivity contribution >= 4 is 0 Å². The summed E-state index contributed by atoms with van der Waals surface area (Å²) in [5.41, 5.74) is 6.60. The largest absolute Gasteiger partial charge is 0.485 e. The number of aryl methyl sites for hydroxylation is 1. The van der Waals surface area contributed by atoms with Crippen molar-refractivity contribution in [3.8, 4) is 5.75 Å². The van der Waals surface area contributed by atoms with E-state index in [-0.39, 0.29) is 18.5 Å². The molecule has 0 unspecified atom stereocenters. The van der Waals surface area contributed by atoms with Gasteiger partial charge in [-0.25, -0.2) is 14.1 Å². The predicted molar refractivity (Wildman–Crippen MR) is 69.0 cm³/mol. The summed E-state index contributed by atoms with van der Waals surface area (Å²) >= 11 is 0. The summed E-state index contributed by atoms with van der Waals surface area (Å²) in [6.45, 7) is 4.74. The third-order valence-corrected chi connectivity index (χ3v) is 2.82. The van der Waals surface area contributed by atoms with Crippen molar-refractivity contribution in [2.75, 3.05) is 0 Å². The number of nitrogens with zero attached hydrogens (tertiary/aromatic N) is 3. The molecule has 0 spiro atoms. The Morgan fingerprint density at radius 1 is 1.47 bits per heavy atom. The highest BCUT2D eigenvalue weighted by Gasteiger charge is 2.11. The Bertz CT molecular complexity index is 553. The topological polar surface area (TPSA) is 66.0 Å². The third kappa shape index (κ3) is 3.08. The molecule has 1 heterocycles. The summed E-state index contributed by atoms with van der Waals surface area (Å²) in [5.74, 6) is 0.791. The molecule has 2 rings (SSSR count). The fourth-order valence-electron chi connectivity index (χ4n) is 1.82. The van der Waals surface area contributed by atoms with Gasteiger partial charge in [-0.3, -0.25) is 0 Å². The second kappa shape index (κ2) is 5.79. The molecule has 0 aliphatic carbocycles. The maximum atomic E-state index is 13.3. The van der Waals surface area contributed by atoms with Crippen molar-refractivity contribution in [1.29, 1.82) is 0 Å². The molecule has 0 amide bonds. The van der Waals surface area contributed by atoms with E-state index in [1.807, 2.05) is 13.8 Å². The Labute approximate surface area is 111 Å². The van der Waals surface area contributed by atoms with Crippen molar-refractivity contribution in [3.05, 3.63) is 41.7 Å². The third-order valence-electron chi connectivity index (χ3n) is 2.82. The number of ether oxygens (including phenoxy) is 1. The summed E-state index contributed by atoms with van der Waals surface area (Å²) in [6.07, 6.45) is 1.47. The second-order valence-corrected chi connectivity index (χ2v) is 4.25. The highest BCUT2D eigenvalue weighted by Crippen LogP contribution is 2.25. The number of hydrogen-bond donors (Lipinski definition) is 1. The van der Waals surface area contributed by atoms with E-state index >= 15 is 0 Å². The standard InChI is InChI=1S/C13H17FN4O/c1-3-18-13(16-8-17-18)7-19-12-6-10(14)4-5-11(12)9(2)15/h4-6,8-9H,3,7,15H2,1-2H3/t9-/m0/s1. The summed E-state index contributed by atoms with van der Waals surface area (Å²) < 4.78 is 20.6. The molecule has 0 fully saturated rings. The van der Waals surface area contributed by atoms with Crippen LogP contribution < -0.4 is 10.5 Å². The Balaban J connectivity index is 2.17. The summed E-state index contributed by atoms with van der Waals surface area (Å²) in [7, 11) is 0. The van der Waals surface area contributed by atoms with Gasteiger partial charge in [0.15, 0.2) is 5.82 Å². The van der Waals surface area contributed by atoms with Gasteiger partial charge in [0.2, 0.25) is 0 Å². The predicted octanol–water partition coefficient (Wildman–Crippen LogP) is 2.04. The lowest BCUT2D eigenvalue weighted by molar-refractivity contribution is 0.282. The van der Waals surface area contributed by atoms with Crippen LogP contribution >= 0.6 is 0 Å². The second-order valence-electron chi connectivity index (χ2n) is 4.25. The minimum Gasteiger partial charge on any atom is -0.485 e. The van der Waals surface area contributed by atoms with Gasteiger partial charge in [0.1, 0.15) is 24.5 Å². The molecule has 1 atom stereocenters. The maximum Gasteiger partial charge on any atom is 0.164 e. The fraction of sp³-hybridized carbons (Fsp3) is 0.385. The molecular weight excluding hydrogens is 247 g/mol. The van der Waals surface area contributed by atoms with E-state index in [1.54, 1.807) is 10.7 Å². The van der Waals surface area contributed by atoms with Gasteiger partial charge in [-0.1, -0.05) is 6.07 Å². The van der Waals surface area contributed by atoms with Crippen LogP contribution in [0.15, 0.2) is 24.5 Å². The molecule has 2 N–H and O–H groups in total. The summed E-state index contributed by atoms with van der Waals surface area (Å²) in [5, 5.41) is 4.05. The van der Waals surface area contributed by atoms with Crippen LogP contribution in [-0.2, 0) is 13.2 Å². The molecule has 0 bridgehead atoms. The smallest absolute Gasteiger partial charge is 0.164 e. The van der Waals surface area contributed by atoms with Gasteiger partial charge < -0.3 is 10.5 Å². The zero-order chi connectivity index (χ0) is 13.8. The van der Waals surface area contributed by atoms with Gasteiger partial charge in [-0.05, 0) is 19.9 Å². The average molecular weight is 264 g/mol. The Morgan fingerprint density at radius 3 is 2.95 bits per heavy atom. The van der Waals surface area contributed by atoms with Crippen molar-refractivity contribution in [3.63, 3.8) is 0 Å². The molecule has 19 heavy (non-hydrogen) atoms. The minimum absolute atomic E-state index is 0.223. The monoisotopic (exact) mass is 264 g/mol. The van der Waals surface area contributed by atoms with Gasteiger partial charge in [-0.15, -0.1) is 0 Å². The van der Waals surface area contributed by atoms with Crippen LogP contribution in [0.1, 0.15) is 31.3 Å². The first-order chi connectivity index (χ1) is 9.11. The summed E-state index contributed by atoms with van der Waals surface area (Å²) in [6, 6.07) is 4.13. The van der Waals surface area contributed by atoms with E-state index < -0.39 is 0 Å². The molecule has 6 heteroatoms. The van der Waals surface area contributed by atoms with E-state index in [1.165, 1.54) is 18.5 Å². The number of nitrogens with two attached hydrogens (primary N) is 1. The number of benzene rings is 1. The number of hydrogen-bond acceptors (Lipinski definition) is 4. The van der Waals surface area contributed by atoms with E-state index in [2.05, 4.69) is 10.1 Å². The van der Waals surface area contributed by atoms with Crippen molar-refractivity contribution in [1.82, 2.24) is 14.8 Å². The first kappa shape index (κ1) is 13.5. The minimum atomic E-state index is -0.351. The van der Waals surface area contributed by atoms with Gasteiger partial charge >= 0.3 is 0 Å². The molecule has 1 aromatic heterocycles. The first-order valence-corrected chi connectivity index (χ1v) is 6.16. The van der Waals surface area contributed by atoms with Gasteiger partial charge in [0.25, 0.3) is 0 Å². The van der Waals surface area contributed by atoms with Crippen LogP contribution in [-0.4, -0.2) is 14.8 Å². The molecule has 5 nitrogen and oxygen atoms in total.